The molecule has 0 aliphatic rings. The zero-order chi connectivity index (χ0) is 13.0. The molecule has 0 aliphatic heterocycles. The van der Waals surface area contributed by atoms with Crippen molar-refractivity contribution in [1.82, 2.24) is 9.97 Å². The maximum Gasteiger partial charge on any atom is 0.190 e. The predicted octanol–water partition coefficient (Wildman–Crippen LogP) is 3.84. The Hall–Kier alpha value is -0.720. The third-order valence-corrected chi connectivity index (χ3v) is 4.21. The lowest BCUT2D eigenvalue weighted by Gasteiger charge is -2.04. The predicted molar refractivity (Wildman–Crippen MR) is 81.9 cm³/mol. The summed E-state index contributed by atoms with van der Waals surface area (Å²) in [6.07, 6.45) is 1.98. The molecule has 1 heterocycles. The number of halogens is 1. The highest BCUT2D eigenvalue weighted by Gasteiger charge is 2.03. The van der Waals surface area contributed by atoms with E-state index < -0.39 is 0 Å². The summed E-state index contributed by atoms with van der Waals surface area (Å²) >= 11 is 6.62. The average Bonchev–Trinajstić information content (AvgIpc) is 2.36. The van der Waals surface area contributed by atoms with E-state index in [0.29, 0.717) is 5.82 Å². The molecule has 0 saturated heterocycles. The molecule has 3 nitrogen and oxygen atoms in total. The summed E-state index contributed by atoms with van der Waals surface area (Å²) < 4.78 is 1.08. The molecule has 0 bridgehead atoms. The summed E-state index contributed by atoms with van der Waals surface area (Å²) in [7, 11) is 0. The summed E-state index contributed by atoms with van der Waals surface area (Å²) in [5.41, 5.74) is 6.97. The smallest absolute Gasteiger partial charge is 0.190 e. The lowest BCUT2D eigenvalue weighted by Crippen LogP contribution is -1.96. The monoisotopic (exact) mass is 341 g/mol. The van der Waals surface area contributed by atoms with Crippen molar-refractivity contribution in [1.29, 1.82) is 0 Å². The van der Waals surface area contributed by atoms with Crippen molar-refractivity contribution >= 4 is 45.3 Å². The van der Waals surface area contributed by atoms with Crippen molar-refractivity contribution in [3.05, 3.63) is 40.4 Å². The van der Waals surface area contributed by atoms with Gasteiger partial charge < -0.3 is 5.73 Å². The fourth-order valence-electron chi connectivity index (χ4n) is 1.36. The van der Waals surface area contributed by atoms with Gasteiger partial charge in [0.25, 0.3) is 0 Å². The minimum absolute atomic E-state index is 0.520. The van der Waals surface area contributed by atoms with Crippen molar-refractivity contribution in [2.45, 2.75) is 15.9 Å². The number of nitrogen functional groups attached to an aromatic ring is 1. The molecule has 2 N–H and O–H groups in total. The number of rotatable bonds is 4. The van der Waals surface area contributed by atoms with Crippen LogP contribution in [0.5, 0.6) is 0 Å². The van der Waals surface area contributed by atoms with E-state index >= 15 is 0 Å². The highest BCUT2D eigenvalue weighted by molar-refractivity contribution is 9.10. The molecular formula is C12H12BrN3S2. The van der Waals surface area contributed by atoms with Gasteiger partial charge in [0.15, 0.2) is 5.16 Å². The molecule has 0 fully saturated rings. The third kappa shape index (κ3) is 3.90. The van der Waals surface area contributed by atoms with E-state index in [1.54, 1.807) is 29.6 Å². The molecule has 0 spiro atoms. The first-order valence-electron chi connectivity index (χ1n) is 5.23. The van der Waals surface area contributed by atoms with E-state index in [1.807, 2.05) is 18.4 Å². The van der Waals surface area contributed by atoms with Crippen LogP contribution < -0.4 is 5.73 Å². The fraction of sp³-hybridized carbons (Fsp3) is 0.167. The molecule has 2 aromatic rings. The number of aromatic nitrogens is 2. The van der Waals surface area contributed by atoms with Crippen molar-refractivity contribution in [2.75, 3.05) is 12.0 Å². The maximum atomic E-state index is 5.74. The molecule has 1 aromatic heterocycles. The molecule has 0 atom stereocenters. The zero-order valence-electron chi connectivity index (χ0n) is 9.76. The lowest BCUT2D eigenvalue weighted by molar-refractivity contribution is 0.900. The van der Waals surface area contributed by atoms with Gasteiger partial charge in [0.05, 0.1) is 0 Å². The van der Waals surface area contributed by atoms with Crippen molar-refractivity contribution in [3.63, 3.8) is 0 Å². The second-order valence-electron chi connectivity index (χ2n) is 3.54. The van der Waals surface area contributed by atoms with Gasteiger partial charge in [-0.1, -0.05) is 39.8 Å². The minimum atomic E-state index is 0.520. The molecule has 0 aliphatic carbocycles. The lowest BCUT2D eigenvalue weighted by atomic mass is 10.2. The molecule has 6 heteroatoms. The first-order chi connectivity index (χ1) is 8.67. The van der Waals surface area contributed by atoms with E-state index in [4.69, 9.17) is 5.73 Å². The summed E-state index contributed by atoms with van der Waals surface area (Å²) in [6.45, 7) is 0. The maximum absolute atomic E-state index is 5.74. The Kier molecular flexibility index (Phi) is 4.91. The molecule has 0 saturated carbocycles. The number of thioether (sulfide) groups is 2. The van der Waals surface area contributed by atoms with Gasteiger partial charge in [-0.15, -0.1) is 11.8 Å². The highest BCUT2D eigenvalue weighted by Crippen LogP contribution is 2.24. The number of hydrogen-bond acceptors (Lipinski definition) is 5. The molecule has 94 valence electrons. The van der Waals surface area contributed by atoms with Gasteiger partial charge in [0, 0.05) is 16.3 Å². The van der Waals surface area contributed by atoms with Crippen LogP contribution in [0.3, 0.4) is 0 Å². The van der Waals surface area contributed by atoms with Crippen LogP contribution in [-0.2, 0) is 5.75 Å². The standard InChI is InChI=1S/C12H12BrN3S2/c1-17-11-6-10(14)15-12(16-11)18-7-8-3-2-4-9(13)5-8/h2-6H,7H2,1H3,(H2,14,15,16). The highest BCUT2D eigenvalue weighted by atomic mass is 79.9. The Labute approximate surface area is 123 Å². The number of nitrogens with two attached hydrogens (primary N) is 1. The van der Waals surface area contributed by atoms with Crippen LogP contribution in [0.1, 0.15) is 5.56 Å². The van der Waals surface area contributed by atoms with Gasteiger partial charge in [0.2, 0.25) is 0 Å². The van der Waals surface area contributed by atoms with Crippen LogP contribution in [0.15, 0.2) is 45.0 Å². The van der Waals surface area contributed by atoms with Crippen LogP contribution in [-0.4, -0.2) is 16.2 Å². The molecule has 0 unspecified atom stereocenters. The number of anilines is 1. The Morgan fingerprint density at radius 1 is 1.28 bits per heavy atom. The van der Waals surface area contributed by atoms with Crippen molar-refractivity contribution in [3.8, 4) is 0 Å². The zero-order valence-corrected chi connectivity index (χ0v) is 13.0. The van der Waals surface area contributed by atoms with E-state index in [2.05, 4.69) is 38.0 Å². The first-order valence-corrected chi connectivity index (χ1v) is 8.23. The second kappa shape index (κ2) is 6.45. The molecular weight excluding hydrogens is 330 g/mol. The van der Waals surface area contributed by atoms with Gasteiger partial charge in [-0.05, 0) is 24.0 Å². The van der Waals surface area contributed by atoms with Crippen LogP contribution >= 0.6 is 39.5 Å². The largest absolute Gasteiger partial charge is 0.384 e. The van der Waals surface area contributed by atoms with Gasteiger partial charge in [0.1, 0.15) is 10.8 Å². The molecule has 0 radical (unpaired) electrons. The Morgan fingerprint density at radius 2 is 2.11 bits per heavy atom. The van der Waals surface area contributed by atoms with Crippen molar-refractivity contribution in [2.24, 2.45) is 0 Å². The molecule has 2 rings (SSSR count). The van der Waals surface area contributed by atoms with E-state index in [-0.39, 0.29) is 0 Å². The summed E-state index contributed by atoms with van der Waals surface area (Å²) in [6, 6.07) is 9.99. The summed E-state index contributed by atoms with van der Waals surface area (Å²) in [4.78, 5) is 8.64. The van der Waals surface area contributed by atoms with Gasteiger partial charge in [-0.25, -0.2) is 9.97 Å². The Bertz CT molecular complexity index is 549. The summed E-state index contributed by atoms with van der Waals surface area (Å²) in [5, 5.41) is 1.62. The van der Waals surface area contributed by atoms with Gasteiger partial charge in [-0.2, -0.15) is 0 Å². The fourth-order valence-corrected chi connectivity index (χ4v) is 3.09. The van der Waals surface area contributed by atoms with Crippen LogP contribution in [0.25, 0.3) is 0 Å². The first kappa shape index (κ1) is 13.7. The van der Waals surface area contributed by atoms with Gasteiger partial charge in [-0.3, -0.25) is 0 Å². The van der Waals surface area contributed by atoms with Crippen LogP contribution in [0.2, 0.25) is 0 Å². The van der Waals surface area contributed by atoms with Gasteiger partial charge >= 0.3 is 0 Å². The number of hydrogen-bond donors (Lipinski definition) is 1. The normalized spacial score (nSPS) is 10.6. The van der Waals surface area contributed by atoms with E-state index in [0.717, 1.165) is 20.4 Å². The summed E-state index contributed by atoms with van der Waals surface area (Å²) in [5.74, 6) is 1.35. The molecule has 0 amide bonds. The SMILES string of the molecule is CSc1cc(N)nc(SCc2cccc(Br)c2)n1. The number of benzene rings is 1. The third-order valence-electron chi connectivity index (χ3n) is 2.17. The quantitative estimate of drug-likeness (QED) is 0.520. The van der Waals surface area contributed by atoms with E-state index in [1.165, 1.54) is 5.56 Å². The van der Waals surface area contributed by atoms with E-state index in [9.17, 15) is 0 Å². The second-order valence-corrected chi connectivity index (χ2v) is 6.22. The Morgan fingerprint density at radius 3 is 2.83 bits per heavy atom. The Balaban J connectivity index is 2.08. The molecule has 18 heavy (non-hydrogen) atoms. The molecule has 1 aromatic carbocycles. The van der Waals surface area contributed by atoms with Crippen LogP contribution in [0.4, 0.5) is 5.82 Å². The number of nitrogens with zero attached hydrogens (tertiary/aromatic N) is 2. The minimum Gasteiger partial charge on any atom is -0.384 e. The van der Waals surface area contributed by atoms with Crippen LogP contribution in [0, 0.1) is 0 Å². The topological polar surface area (TPSA) is 51.8 Å². The van der Waals surface area contributed by atoms with Crippen molar-refractivity contribution < 1.29 is 0 Å². The average molecular weight is 342 g/mol.